The number of nitrogens with zero attached hydrogens (tertiary/aromatic N) is 2. The maximum absolute atomic E-state index is 12.9. The van der Waals surface area contributed by atoms with Crippen molar-refractivity contribution < 1.29 is 40.4 Å². The summed E-state index contributed by atoms with van der Waals surface area (Å²) in [5.41, 5.74) is -0.541. The molecule has 1 aromatic heterocycles. The number of rotatable bonds is 9. The topological polar surface area (TPSA) is 77.2 Å². The van der Waals surface area contributed by atoms with E-state index < -0.39 is 35.5 Å². The van der Waals surface area contributed by atoms with Gasteiger partial charge in [-0.15, -0.1) is 0 Å². The van der Waals surface area contributed by atoms with Crippen molar-refractivity contribution in [3.05, 3.63) is 101 Å². The van der Waals surface area contributed by atoms with Crippen LogP contribution in [0.1, 0.15) is 35.1 Å². The van der Waals surface area contributed by atoms with Gasteiger partial charge in [0, 0.05) is 18.5 Å². The van der Waals surface area contributed by atoms with Crippen LogP contribution in [0, 0.1) is 0 Å². The summed E-state index contributed by atoms with van der Waals surface area (Å²) in [5, 5.41) is 6.41. The average Bonchev–Trinajstić information content (AvgIpc) is 3.36. The van der Waals surface area contributed by atoms with Gasteiger partial charge in [0.25, 0.3) is 0 Å². The Bertz CT molecular complexity index is 1370. The molecule has 0 unspecified atom stereocenters. The van der Waals surface area contributed by atoms with Crippen molar-refractivity contribution in [1.82, 2.24) is 15.5 Å². The van der Waals surface area contributed by atoms with Gasteiger partial charge in [0.15, 0.2) is 0 Å². The molecule has 0 aliphatic rings. The molecule has 0 bridgehead atoms. The maximum Gasteiger partial charge on any atom is 0.416 e. The molecule has 204 valence electrons. The number of nitrogens with one attached hydrogen (secondary N) is 1. The van der Waals surface area contributed by atoms with Gasteiger partial charge in [0.2, 0.25) is 17.6 Å². The van der Waals surface area contributed by atoms with Gasteiger partial charge in [0.05, 0.1) is 11.1 Å². The van der Waals surface area contributed by atoms with Crippen molar-refractivity contribution in [3.8, 4) is 17.1 Å². The molecule has 4 aromatic rings. The molecule has 1 amide bonds. The summed E-state index contributed by atoms with van der Waals surface area (Å²) in [6.07, 6.45) is -9.45. The Kier molecular flexibility index (Phi) is 8.22. The first kappa shape index (κ1) is 27.7. The fraction of sp³-hybridized carbons (Fsp3) is 0.222. The molecule has 0 spiro atoms. The Morgan fingerprint density at radius 3 is 2.03 bits per heavy atom. The summed E-state index contributed by atoms with van der Waals surface area (Å²) < 4.78 is 87.8. The van der Waals surface area contributed by atoms with E-state index in [9.17, 15) is 31.1 Å². The highest BCUT2D eigenvalue weighted by Gasteiger charge is 2.31. The van der Waals surface area contributed by atoms with Gasteiger partial charge in [0.1, 0.15) is 18.3 Å². The van der Waals surface area contributed by atoms with Crippen molar-refractivity contribution in [2.45, 2.75) is 31.3 Å². The van der Waals surface area contributed by atoms with Gasteiger partial charge in [-0.1, -0.05) is 47.6 Å². The van der Waals surface area contributed by atoms with Crippen LogP contribution < -0.4 is 10.1 Å². The molecule has 0 radical (unpaired) electrons. The summed E-state index contributed by atoms with van der Waals surface area (Å²) in [5.74, 6) is -0.188. The molecular formula is C27H21F6N3O3. The predicted octanol–water partition coefficient (Wildman–Crippen LogP) is 6.64. The maximum atomic E-state index is 12.9. The van der Waals surface area contributed by atoms with Crippen molar-refractivity contribution in [3.63, 3.8) is 0 Å². The van der Waals surface area contributed by atoms with E-state index in [0.29, 0.717) is 12.0 Å². The van der Waals surface area contributed by atoms with E-state index >= 15 is 0 Å². The van der Waals surface area contributed by atoms with Crippen LogP contribution in [0.5, 0.6) is 5.75 Å². The van der Waals surface area contributed by atoms with Gasteiger partial charge in [-0.25, -0.2) is 0 Å². The first-order valence-corrected chi connectivity index (χ1v) is 11.6. The normalized spacial score (nSPS) is 12.7. The number of amides is 1. The molecule has 0 aliphatic carbocycles. The minimum atomic E-state index is -4.47. The lowest BCUT2D eigenvalue weighted by atomic mass is 10.1. The Morgan fingerprint density at radius 1 is 0.846 bits per heavy atom. The van der Waals surface area contributed by atoms with E-state index in [1.165, 1.54) is 24.3 Å². The number of hydrogen-bond donors (Lipinski definition) is 1. The van der Waals surface area contributed by atoms with E-state index in [4.69, 9.17) is 9.26 Å². The fourth-order valence-corrected chi connectivity index (χ4v) is 3.64. The second kappa shape index (κ2) is 11.6. The van der Waals surface area contributed by atoms with Crippen molar-refractivity contribution >= 4 is 5.91 Å². The molecule has 12 heteroatoms. The van der Waals surface area contributed by atoms with E-state index in [2.05, 4.69) is 15.5 Å². The van der Waals surface area contributed by atoms with Gasteiger partial charge < -0.3 is 14.6 Å². The third kappa shape index (κ3) is 7.59. The zero-order valence-corrected chi connectivity index (χ0v) is 20.1. The number of carbonyl (C=O) groups is 1. The summed E-state index contributed by atoms with van der Waals surface area (Å²) in [6.45, 7) is 0.166. The highest BCUT2D eigenvalue weighted by molar-refractivity contribution is 5.77. The zero-order chi connectivity index (χ0) is 28.0. The molecule has 0 saturated carbocycles. The van der Waals surface area contributed by atoms with Crippen LogP contribution in [0.4, 0.5) is 26.3 Å². The third-order valence-electron chi connectivity index (χ3n) is 5.61. The van der Waals surface area contributed by atoms with Crippen LogP contribution in [-0.2, 0) is 23.6 Å². The SMILES string of the molecule is O=C(Cc1nc(-c2ccc(C(F)(F)F)cc2)no1)NCC[C@@H](Oc1ccc(C(F)(F)F)cc1)c1ccccc1. The Labute approximate surface area is 218 Å². The molecule has 0 saturated heterocycles. The lowest BCUT2D eigenvalue weighted by Crippen LogP contribution is -2.28. The Balaban J connectivity index is 1.33. The van der Waals surface area contributed by atoms with E-state index in [1.807, 2.05) is 6.07 Å². The standard InChI is InChI=1S/C27H21F6N3O3/c28-26(29,30)19-8-6-18(7-9-19)25-35-24(39-36-25)16-23(37)34-15-14-22(17-4-2-1-3-5-17)38-21-12-10-20(11-13-21)27(31,32)33/h1-13,22H,14-16H2,(H,34,37)/t22-/m1/s1. The van der Waals surface area contributed by atoms with Gasteiger partial charge >= 0.3 is 12.4 Å². The van der Waals surface area contributed by atoms with E-state index in [0.717, 1.165) is 29.8 Å². The first-order valence-electron chi connectivity index (χ1n) is 11.6. The number of alkyl halides is 6. The van der Waals surface area contributed by atoms with E-state index in [-0.39, 0.29) is 30.4 Å². The summed E-state index contributed by atoms with van der Waals surface area (Å²) in [7, 11) is 0. The molecule has 0 aliphatic heterocycles. The van der Waals surface area contributed by atoms with Crippen LogP contribution >= 0.6 is 0 Å². The third-order valence-corrected chi connectivity index (χ3v) is 5.61. The minimum absolute atomic E-state index is 0.0250. The smallest absolute Gasteiger partial charge is 0.416 e. The number of halogens is 6. The second-order valence-corrected chi connectivity index (χ2v) is 8.44. The number of hydrogen-bond acceptors (Lipinski definition) is 5. The average molecular weight is 549 g/mol. The first-order chi connectivity index (χ1) is 18.5. The molecule has 4 rings (SSSR count). The van der Waals surface area contributed by atoms with E-state index in [1.54, 1.807) is 24.3 Å². The number of carbonyl (C=O) groups excluding carboxylic acids is 1. The van der Waals surface area contributed by atoms with Crippen LogP contribution in [0.25, 0.3) is 11.4 Å². The molecule has 3 aromatic carbocycles. The van der Waals surface area contributed by atoms with Gasteiger partial charge in [-0.2, -0.15) is 31.3 Å². The van der Waals surface area contributed by atoms with Crippen LogP contribution in [0.3, 0.4) is 0 Å². The Hall–Kier alpha value is -4.35. The highest BCUT2D eigenvalue weighted by Crippen LogP contribution is 2.32. The molecule has 1 N–H and O–H groups in total. The van der Waals surface area contributed by atoms with Crippen LogP contribution in [-0.4, -0.2) is 22.6 Å². The molecule has 6 nitrogen and oxygen atoms in total. The Morgan fingerprint density at radius 2 is 1.44 bits per heavy atom. The lowest BCUT2D eigenvalue weighted by Gasteiger charge is -2.20. The second-order valence-electron chi connectivity index (χ2n) is 8.44. The van der Waals surface area contributed by atoms with Crippen molar-refractivity contribution in [2.24, 2.45) is 0 Å². The monoisotopic (exact) mass is 549 g/mol. The van der Waals surface area contributed by atoms with Gasteiger partial charge in [-0.3, -0.25) is 4.79 Å². The summed E-state index contributed by atoms with van der Waals surface area (Å²) in [4.78, 5) is 16.5. The van der Waals surface area contributed by atoms with Crippen molar-refractivity contribution in [1.29, 1.82) is 0 Å². The molecule has 0 fully saturated rings. The summed E-state index contributed by atoms with van der Waals surface area (Å²) >= 11 is 0. The minimum Gasteiger partial charge on any atom is -0.486 e. The van der Waals surface area contributed by atoms with Crippen LogP contribution in [0.15, 0.2) is 83.4 Å². The molecule has 1 heterocycles. The van der Waals surface area contributed by atoms with Crippen molar-refractivity contribution in [2.75, 3.05) is 6.54 Å². The molecule has 39 heavy (non-hydrogen) atoms. The number of ether oxygens (including phenoxy) is 1. The largest absolute Gasteiger partial charge is 0.486 e. The quantitative estimate of drug-likeness (QED) is 0.237. The molecular weight excluding hydrogens is 528 g/mol. The van der Waals surface area contributed by atoms with Crippen LogP contribution in [0.2, 0.25) is 0 Å². The number of aromatic nitrogens is 2. The highest BCUT2D eigenvalue weighted by atomic mass is 19.4. The van der Waals surface area contributed by atoms with Gasteiger partial charge in [-0.05, 0) is 42.0 Å². The predicted molar refractivity (Wildman–Crippen MR) is 127 cm³/mol. The zero-order valence-electron chi connectivity index (χ0n) is 20.1. The number of benzene rings is 3. The summed E-state index contributed by atoms with van der Waals surface area (Å²) in [6, 6.07) is 17.5. The fourth-order valence-electron chi connectivity index (χ4n) is 3.64. The lowest BCUT2D eigenvalue weighted by molar-refractivity contribution is -0.138. The molecule has 1 atom stereocenters.